The van der Waals surface area contributed by atoms with Gasteiger partial charge in [-0.15, -0.1) is 6.58 Å². The third kappa shape index (κ3) is 3.35. The van der Waals surface area contributed by atoms with Crippen molar-refractivity contribution in [3.63, 3.8) is 0 Å². The topological polar surface area (TPSA) is 52.8 Å². The molecular weight excluding hydrogens is 336 g/mol. The SMILES string of the molecule is C=CCn1c(=NC(=O)CC2CCCC2)sc2cc3c(cc21)OCCO3. The van der Waals surface area contributed by atoms with E-state index >= 15 is 0 Å². The van der Waals surface area contributed by atoms with Crippen molar-refractivity contribution in [1.29, 1.82) is 0 Å². The average Bonchev–Trinajstić information content (AvgIpc) is 3.22. The first-order valence-electron chi connectivity index (χ1n) is 8.86. The largest absolute Gasteiger partial charge is 0.486 e. The van der Waals surface area contributed by atoms with E-state index in [-0.39, 0.29) is 5.91 Å². The summed E-state index contributed by atoms with van der Waals surface area (Å²) >= 11 is 1.52. The quantitative estimate of drug-likeness (QED) is 0.784. The van der Waals surface area contributed by atoms with Crippen LogP contribution in [0.25, 0.3) is 10.2 Å². The van der Waals surface area contributed by atoms with Gasteiger partial charge in [-0.25, -0.2) is 0 Å². The fraction of sp³-hybridized carbons (Fsp3) is 0.474. The molecule has 1 aliphatic carbocycles. The van der Waals surface area contributed by atoms with E-state index in [1.807, 2.05) is 22.8 Å². The van der Waals surface area contributed by atoms with E-state index in [1.54, 1.807) is 0 Å². The fourth-order valence-corrected chi connectivity index (χ4v) is 4.68. The molecule has 0 saturated heterocycles. The van der Waals surface area contributed by atoms with Crippen LogP contribution in [0.1, 0.15) is 32.1 Å². The smallest absolute Gasteiger partial charge is 0.248 e. The highest BCUT2D eigenvalue weighted by molar-refractivity contribution is 7.16. The second-order valence-electron chi connectivity index (χ2n) is 6.61. The number of thiazole rings is 1. The van der Waals surface area contributed by atoms with Gasteiger partial charge in [0, 0.05) is 25.1 Å². The molecule has 0 N–H and O–H groups in total. The Morgan fingerprint density at radius 2 is 2.00 bits per heavy atom. The molecule has 1 fully saturated rings. The van der Waals surface area contributed by atoms with Crippen molar-refractivity contribution in [3.8, 4) is 11.5 Å². The summed E-state index contributed by atoms with van der Waals surface area (Å²) in [5.41, 5.74) is 1.00. The van der Waals surface area contributed by atoms with Gasteiger partial charge >= 0.3 is 0 Å². The van der Waals surface area contributed by atoms with E-state index in [0.29, 0.717) is 32.1 Å². The van der Waals surface area contributed by atoms with Crippen molar-refractivity contribution >= 4 is 27.5 Å². The van der Waals surface area contributed by atoms with Crippen LogP contribution in [0.3, 0.4) is 0 Å². The molecule has 25 heavy (non-hydrogen) atoms. The van der Waals surface area contributed by atoms with Crippen molar-refractivity contribution in [2.45, 2.75) is 38.6 Å². The molecular formula is C19H22N2O3S. The Morgan fingerprint density at radius 3 is 2.72 bits per heavy atom. The molecule has 0 bridgehead atoms. The molecule has 5 nitrogen and oxygen atoms in total. The van der Waals surface area contributed by atoms with Crippen LogP contribution in [0, 0.1) is 5.92 Å². The molecule has 1 aliphatic heterocycles. The van der Waals surface area contributed by atoms with Crippen LogP contribution in [0.15, 0.2) is 29.8 Å². The van der Waals surface area contributed by atoms with E-state index in [1.165, 1.54) is 24.2 Å². The number of benzene rings is 1. The van der Waals surface area contributed by atoms with E-state index < -0.39 is 0 Å². The highest BCUT2D eigenvalue weighted by atomic mass is 32.1. The maximum Gasteiger partial charge on any atom is 0.248 e. The van der Waals surface area contributed by atoms with Crippen molar-refractivity contribution in [2.75, 3.05) is 13.2 Å². The Kier molecular flexibility index (Phi) is 4.61. The van der Waals surface area contributed by atoms with Crippen LogP contribution in [0.4, 0.5) is 0 Å². The lowest BCUT2D eigenvalue weighted by atomic mass is 10.0. The number of hydrogen-bond acceptors (Lipinski definition) is 4. The zero-order valence-corrected chi connectivity index (χ0v) is 15.0. The summed E-state index contributed by atoms with van der Waals surface area (Å²) in [4.78, 5) is 17.5. The minimum atomic E-state index is -0.0199. The van der Waals surface area contributed by atoms with Gasteiger partial charge in [0.05, 0.1) is 10.2 Å². The minimum Gasteiger partial charge on any atom is -0.486 e. The molecule has 4 rings (SSSR count). The predicted molar refractivity (Wildman–Crippen MR) is 98.1 cm³/mol. The normalized spacial score (nSPS) is 18.0. The third-order valence-electron chi connectivity index (χ3n) is 4.82. The molecule has 0 spiro atoms. The first kappa shape index (κ1) is 16.4. The number of allylic oxidation sites excluding steroid dienone is 1. The number of carbonyl (C=O) groups excluding carboxylic acids is 1. The van der Waals surface area contributed by atoms with Crippen molar-refractivity contribution in [3.05, 3.63) is 29.6 Å². The highest BCUT2D eigenvalue weighted by Gasteiger charge is 2.19. The lowest BCUT2D eigenvalue weighted by molar-refractivity contribution is -0.118. The first-order valence-corrected chi connectivity index (χ1v) is 9.67. The molecule has 132 valence electrons. The van der Waals surface area contributed by atoms with Gasteiger partial charge in [0.2, 0.25) is 5.91 Å². The number of nitrogens with zero attached hydrogens (tertiary/aromatic N) is 2. The Morgan fingerprint density at radius 1 is 1.28 bits per heavy atom. The number of hydrogen-bond donors (Lipinski definition) is 0. The molecule has 2 aromatic rings. The number of rotatable bonds is 4. The Balaban J connectivity index is 1.73. The Labute approximate surface area is 150 Å². The lowest BCUT2D eigenvalue weighted by Gasteiger charge is -2.18. The second kappa shape index (κ2) is 7.04. The molecule has 0 radical (unpaired) electrons. The van der Waals surface area contributed by atoms with E-state index in [0.717, 1.165) is 39.4 Å². The predicted octanol–water partition coefficient (Wildman–Crippen LogP) is 3.67. The minimum absolute atomic E-state index is 0.0199. The van der Waals surface area contributed by atoms with Gasteiger partial charge in [-0.3, -0.25) is 4.79 Å². The maximum absolute atomic E-state index is 12.4. The van der Waals surface area contributed by atoms with Crippen molar-refractivity contribution < 1.29 is 14.3 Å². The van der Waals surface area contributed by atoms with Gasteiger partial charge in [-0.1, -0.05) is 30.3 Å². The van der Waals surface area contributed by atoms with Crippen molar-refractivity contribution in [1.82, 2.24) is 4.57 Å². The van der Waals surface area contributed by atoms with Gasteiger partial charge in [0.15, 0.2) is 16.3 Å². The standard InChI is InChI=1S/C19H22N2O3S/c1-2-7-21-14-11-15-16(24-9-8-23-15)12-17(14)25-19(21)20-18(22)10-13-5-3-4-6-13/h2,11-13H,1,3-10H2. The van der Waals surface area contributed by atoms with Crippen molar-refractivity contribution in [2.24, 2.45) is 10.9 Å². The van der Waals surface area contributed by atoms with E-state index in [2.05, 4.69) is 11.6 Å². The van der Waals surface area contributed by atoms with Crippen LogP contribution >= 0.6 is 11.3 Å². The molecule has 1 saturated carbocycles. The van der Waals surface area contributed by atoms with E-state index in [9.17, 15) is 4.79 Å². The molecule has 1 amide bonds. The molecule has 1 aromatic heterocycles. The molecule has 0 unspecified atom stereocenters. The average molecular weight is 358 g/mol. The zero-order chi connectivity index (χ0) is 17.2. The lowest BCUT2D eigenvalue weighted by Crippen LogP contribution is -2.17. The molecule has 6 heteroatoms. The van der Waals surface area contributed by atoms with Crippen LogP contribution < -0.4 is 14.3 Å². The van der Waals surface area contributed by atoms with Gasteiger partial charge in [0.1, 0.15) is 13.2 Å². The van der Waals surface area contributed by atoms with Gasteiger partial charge in [0.25, 0.3) is 0 Å². The second-order valence-corrected chi connectivity index (χ2v) is 7.62. The molecule has 1 aromatic carbocycles. The molecule has 2 aliphatic rings. The maximum atomic E-state index is 12.4. The van der Waals surface area contributed by atoms with Gasteiger partial charge < -0.3 is 14.0 Å². The van der Waals surface area contributed by atoms with Crippen LogP contribution in [0.5, 0.6) is 11.5 Å². The van der Waals surface area contributed by atoms with Gasteiger partial charge in [-0.2, -0.15) is 4.99 Å². The first-order chi connectivity index (χ1) is 12.2. The number of amides is 1. The summed E-state index contributed by atoms with van der Waals surface area (Å²) in [7, 11) is 0. The third-order valence-corrected chi connectivity index (χ3v) is 5.86. The van der Waals surface area contributed by atoms with Crippen LogP contribution in [-0.2, 0) is 11.3 Å². The number of carbonyl (C=O) groups is 1. The summed E-state index contributed by atoms with van der Waals surface area (Å²) in [6.07, 6.45) is 7.17. The number of ether oxygens (including phenoxy) is 2. The zero-order valence-electron chi connectivity index (χ0n) is 14.2. The summed E-state index contributed by atoms with van der Waals surface area (Å²) in [5, 5.41) is 0. The summed E-state index contributed by atoms with van der Waals surface area (Å²) in [6, 6.07) is 3.96. The monoisotopic (exact) mass is 358 g/mol. The summed E-state index contributed by atoms with van der Waals surface area (Å²) in [6.45, 7) is 5.56. The highest BCUT2D eigenvalue weighted by Crippen LogP contribution is 2.35. The van der Waals surface area contributed by atoms with Gasteiger partial charge in [-0.05, 0) is 18.8 Å². The molecule has 2 heterocycles. The Hall–Kier alpha value is -2.08. The van der Waals surface area contributed by atoms with Crippen LogP contribution in [0.2, 0.25) is 0 Å². The summed E-state index contributed by atoms with van der Waals surface area (Å²) < 4.78 is 14.4. The van der Waals surface area contributed by atoms with E-state index in [4.69, 9.17) is 9.47 Å². The number of aromatic nitrogens is 1. The number of fused-ring (bicyclic) bond motifs is 2. The fourth-order valence-electron chi connectivity index (χ4n) is 3.61. The Bertz CT molecular complexity index is 875. The van der Waals surface area contributed by atoms with Crippen LogP contribution in [-0.4, -0.2) is 23.7 Å². The summed E-state index contributed by atoms with van der Waals surface area (Å²) in [5.74, 6) is 1.99. The molecule has 0 atom stereocenters.